The zero-order valence-corrected chi connectivity index (χ0v) is 13.6. The van der Waals surface area contributed by atoms with E-state index in [2.05, 4.69) is 10.2 Å². The number of benzene rings is 2. The van der Waals surface area contributed by atoms with E-state index in [1.807, 2.05) is 24.3 Å². The fourth-order valence-corrected chi connectivity index (χ4v) is 2.91. The van der Waals surface area contributed by atoms with Crippen LogP contribution in [0.3, 0.4) is 0 Å². The highest BCUT2D eigenvalue weighted by atomic mass is 19.4. The molecule has 0 radical (unpaired) electrons. The number of rotatable bonds is 4. The third-order valence-electron chi connectivity index (χ3n) is 4.29. The number of amides is 1. The van der Waals surface area contributed by atoms with Crippen molar-refractivity contribution in [2.75, 3.05) is 18.4 Å². The fraction of sp³-hybridized carbons (Fsp3) is 0.316. The Morgan fingerprint density at radius 3 is 2.12 bits per heavy atom. The van der Waals surface area contributed by atoms with Gasteiger partial charge in [-0.1, -0.05) is 12.1 Å². The van der Waals surface area contributed by atoms with Gasteiger partial charge in [0, 0.05) is 17.8 Å². The lowest BCUT2D eigenvalue weighted by molar-refractivity contribution is -0.137. The Labute approximate surface area is 144 Å². The monoisotopic (exact) mass is 348 g/mol. The minimum atomic E-state index is -4.40. The van der Waals surface area contributed by atoms with E-state index in [-0.39, 0.29) is 5.56 Å². The quantitative estimate of drug-likeness (QED) is 0.879. The standard InChI is InChI=1S/C19H19F3N2O/c20-19(21,22)16-7-5-15(6-8-16)18(25)23-17-9-3-14(4-10-17)13-24-11-1-2-12-24/h3-10H,1-2,11-13H2,(H,23,25). The van der Waals surface area contributed by atoms with E-state index in [9.17, 15) is 18.0 Å². The molecule has 132 valence electrons. The normalized spacial score (nSPS) is 15.3. The molecule has 3 rings (SSSR count). The highest BCUT2D eigenvalue weighted by Crippen LogP contribution is 2.29. The molecule has 0 unspecified atom stereocenters. The number of carbonyl (C=O) groups is 1. The van der Waals surface area contributed by atoms with Crippen molar-refractivity contribution in [3.63, 3.8) is 0 Å². The van der Waals surface area contributed by atoms with Crippen LogP contribution in [0.15, 0.2) is 48.5 Å². The summed E-state index contributed by atoms with van der Waals surface area (Å²) in [5.41, 5.74) is 1.22. The summed E-state index contributed by atoms with van der Waals surface area (Å²) >= 11 is 0. The molecule has 1 amide bonds. The second-order valence-corrected chi connectivity index (χ2v) is 6.21. The van der Waals surface area contributed by atoms with Crippen molar-refractivity contribution < 1.29 is 18.0 Å². The van der Waals surface area contributed by atoms with Crippen molar-refractivity contribution in [2.24, 2.45) is 0 Å². The molecule has 0 atom stereocenters. The number of carbonyl (C=O) groups excluding carboxylic acids is 1. The minimum Gasteiger partial charge on any atom is -0.322 e. The number of anilines is 1. The van der Waals surface area contributed by atoms with Crippen molar-refractivity contribution in [1.29, 1.82) is 0 Å². The van der Waals surface area contributed by atoms with Crippen LogP contribution in [0, 0.1) is 0 Å². The maximum atomic E-state index is 12.5. The van der Waals surface area contributed by atoms with Crippen molar-refractivity contribution in [3.05, 3.63) is 65.2 Å². The highest BCUT2D eigenvalue weighted by Gasteiger charge is 2.30. The van der Waals surface area contributed by atoms with E-state index in [0.717, 1.165) is 31.8 Å². The van der Waals surface area contributed by atoms with Crippen LogP contribution in [0.5, 0.6) is 0 Å². The Kier molecular flexibility index (Phi) is 5.08. The Morgan fingerprint density at radius 1 is 0.960 bits per heavy atom. The molecule has 25 heavy (non-hydrogen) atoms. The van der Waals surface area contributed by atoms with Gasteiger partial charge in [-0.05, 0) is 67.9 Å². The molecule has 1 fully saturated rings. The maximum Gasteiger partial charge on any atom is 0.416 e. The van der Waals surface area contributed by atoms with Crippen LogP contribution < -0.4 is 5.32 Å². The molecule has 3 nitrogen and oxygen atoms in total. The SMILES string of the molecule is O=C(Nc1ccc(CN2CCCC2)cc1)c1ccc(C(F)(F)F)cc1. The molecule has 0 saturated carbocycles. The number of likely N-dealkylation sites (tertiary alicyclic amines) is 1. The van der Waals surface area contributed by atoms with Gasteiger partial charge < -0.3 is 5.32 Å². The molecular formula is C19H19F3N2O. The summed E-state index contributed by atoms with van der Waals surface area (Å²) in [7, 11) is 0. The summed E-state index contributed by atoms with van der Waals surface area (Å²) in [5.74, 6) is -0.430. The first kappa shape index (κ1) is 17.5. The van der Waals surface area contributed by atoms with Gasteiger partial charge in [0.05, 0.1) is 5.56 Å². The van der Waals surface area contributed by atoms with Gasteiger partial charge in [-0.25, -0.2) is 0 Å². The zero-order chi connectivity index (χ0) is 17.9. The summed E-state index contributed by atoms with van der Waals surface area (Å²) in [4.78, 5) is 14.5. The smallest absolute Gasteiger partial charge is 0.322 e. The van der Waals surface area contributed by atoms with Crippen LogP contribution in [-0.4, -0.2) is 23.9 Å². The Bertz CT molecular complexity index is 718. The molecule has 0 spiro atoms. The van der Waals surface area contributed by atoms with E-state index >= 15 is 0 Å². The summed E-state index contributed by atoms with van der Waals surface area (Å²) in [5, 5.41) is 2.70. The summed E-state index contributed by atoms with van der Waals surface area (Å²) < 4.78 is 37.6. The second kappa shape index (κ2) is 7.27. The van der Waals surface area contributed by atoms with Gasteiger partial charge in [-0.15, -0.1) is 0 Å². The number of nitrogens with one attached hydrogen (secondary N) is 1. The molecule has 1 saturated heterocycles. The van der Waals surface area contributed by atoms with Crippen molar-refractivity contribution in [2.45, 2.75) is 25.6 Å². The Balaban J connectivity index is 1.60. The predicted octanol–water partition coefficient (Wildman–Crippen LogP) is 4.55. The van der Waals surface area contributed by atoms with Gasteiger partial charge in [0.15, 0.2) is 0 Å². The lowest BCUT2D eigenvalue weighted by Crippen LogP contribution is -2.18. The Morgan fingerprint density at radius 2 is 1.56 bits per heavy atom. The van der Waals surface area contributed by atoms with Crippen LogP contribution in [0.4, 0.5) is 18.9 Å². The van der Waals surface area contributed by atoms with Crippen LogP contribution >= 0.6 is 0 Å². The average Bonchev–Trinajstić information content (AvgIpc) is 3.09. The molecule has 0 aromatic heterocycles. The van der Waals surface area contributed by atoms with Gasteiger partial charge in [-0.3, -0.25) is 9.69 Å². The number of nitrogens with zero attached hydrogens (tertiary/aromatic N) is 1. The van der Waals surface area contributed by atoms with Gasteiger partial charge in [0.1, 0.15) is 0 Å². The third kappa shape index (κ3) is 4.60. The largest absolute Gasteiger partial charge is 0.416 e. The molecule has 0 bridgehead atoms. The fourth-order valence-electron chi connectivity index (χ4n) is 2.91. The number of hydrogen-bond acceptors (Lipinski definition) is 2. The van der Waals surface area contributed by atoms with Gasteiger partial charge in [0.2, 0.25) is 0 Å². The van der Waals surface area contributed by atoms with Gasteiger partial charge >= 0.3 is 6.18 Å². The number of halogens is 3. The molecule has 1 heterocycles. The maximum absolute atomic E-state index is 12.5. The number of hydrogen-bond donors (Lipinski definition) is 1. The molecule has 6 heteroatoms. The lowest BCUT2D eigenvalue weighted by atomic mass is 10.1. The van der Waals surface area contributed by atoms with Crippen molar-refractivity contribution in [3.8, 4) is 0 Å². The molecule has 2 aromatic rings. The summed E-state index contributed by atoms with van der Waals surface area (Å²) in [6.45, 7) is 3.13. The minimum absolute atomic E-state index is 0.189. The van der Waals surface area contributed by atoms with Crippen molar-refractivity contribution in [1.82, 2.24) is 4.90 Å². The molecular weight excluding hydrogens is 329 g/mol. The molecule has 0 aliphatic carbocycles. The molecule has 1 aliphatic rings. The summed E-state index contributed by atoms with van der Waals surface area (Å²) in [6, 6.07) is 11.7. The summed E-state index contributed by atoms with van der Waals surface area (Å²) in [6.07, 6.45) is -1.93. The van der Waals surface area contributed by atoms with E-state index < -0.39 is 17.6 Å². The van der Waals surface area contributed by atoms with E-state index in [0.29, 0.717) is 5.69 Å². The predicted molar refractivity (Wildman–Crippen MR) is 90.4 cm³/mol. The Hall–Kier alpha value is -2.34. The second-order valence-electron chi connectivity index (χ2n) is 6.21. The average molecular weight is 348 g/mol. The molecule has 1 N–H and O–H groups in total. The first-order chi connectivity index (χ1) is 11.9. The number of alkyl halides is 3. The van der Waals surface area contributed by atoms with Crippen LogP contribution in [0.25, 0.3) is 0 Å². The van der Waals surface area contributed by atoms with Crippen molar-refractivity contribution >= 4 is 11.6 Å². The highest BCUT2D eigenvalue weighted by molar-refractivity contribution is 6.04. The topological polar surface area (TPSA) is 32.3 Å². The molecule has 2 aromatic carbocycles. The van der Waals surface area contributed by atoms with Crippen LogP contribution in [0.1, 0.15) is 34.3 Å². The third-order valence-corrected chi connectivity index (χ3v) is 4.29. The van der Waals surface area contributed by atoms with Crippen LogP contribution in [0.2, 0.25) is 0 Å². The van der Waals surface area contributed by atoms with Gasteiger partial charge in [0.25, 0.3) is 5.91 Å². The first-order valence-electron chi connectivity index (χ1n) is 8.22. The van der Waals surface area contributed by atoms with E-state index in [1.54, 1.807) is 0 Å². The van der Waals surface area contributed by atoms with Crippen LogP contribution in [-0.2, 0) is 12.7 Å². The van der Waals surface area contributed by atoms with E-state index in [1.165, 1.54) is 30.5 Å². The molecule has 1 aliphatic heterocycles. The van der Waals surface area contributed by atoms with E-state index in [4.69, 9.17) is 0 Å². The zero-order valence-electron chi connectivity index (χ0n) is 13.6. The first-order valence-corrected chi connectivity index (χ1v) is 8.22. The lowest BCUT2D eigenvalue weighted by Gasteiger charge is -2.14. The van der Waals surface area contributed by atoms with Gasteiger partial charge in [-0.2, -0.15) is 13.2 Å².